The molecule has 0 spiro atoms. The topological polar surface area (TPSA) is 88.2 Å². The van der Waals surface area contributed by atoms with Crippen LogP contribution in [0.4, 0.5) is 15.3 Å². The van der Waals surface area contributed by atoms with Crippen molar-refractivity contribution < 1.29 is 23.3 Å². The van der Waals surface area contributed by atoms with E-state index in [2.05, 4.69) is 5.32 Å². The molecule has 8 nitrogen and oxygen atoms in total. The molecule has 1 aromatic carbocycles. The van der Waals surface area contributed by atoms with Crippen LogP contribution in [0.5, 0.6) is 0 Å². The molecule has 1 aromatic rings. The van der Waals surface area contributed by atoms with Gasteiger partial charge >= 0.3 is 12.2 Å². The fraction of sp³-hybridized carbons (Fsp3) is 0.500. The van der Waals surface area contributed by atoms with Gasteiger partial charge < -0.3 is 14.8 Å². The van der Waals surface area contributed by atoms with Crippen molar-refractivity contribution in [1.82, 2.24) is 9.62 Å². The molecule has 26 heavy (non-hydrogen) atoms. The lowest BCUT2D eigenvalue weighted by molar-refractivity contribution is 0.0523. The van der Waals surface area contributed by atoms with Crippen LogP contribution in [-0.4, -0.2) is 46.5 Å². The number of nitrogens with zero attached hydrogens (tertiary/aromatic N) is 2. The average Bonchev–Trinajstić information content (AvgIpc) is 2.96. The zero-order chi connectivity index (χ0) is 18.6. The van der Waals surface area contributed by atoms with Crippen molar-refractivity contribution in [2.45, 2.75) is 32.9 Å². The fourth-order valence-electron chi connectivity index (χ4n) is 2.20. The van der Waals surface area contributed by atoms with Gasteiger partial charge in [-0.2, -0.15) is 0 Å². The standard InChI is InChI=1S/C16H23N3O5S.ClH/c1-16(2,3)24-14(20)17-11-12-7-5-6-8-13(12)18(4)25(22)19-9-10-23-15(19)21;/h5-8H,9-11H2,1-4H3,(H,17,20);1H. The summed E-state index contributed by atoms with van der Waals surface area (Å²) in [6.45, 7) is 6.05. The van der Waals surface area contributed by atoms with Crippen molar-refractivity contribution in [3.05, 3.63) is 29.8 Å². The number of ether oxygens (including phenoxy) is 2. The molecule has 2 rings (SSSR count). The van der Waals surface area contributed by atoms with Gasteiger partial charge in [0.2, 0.25) is 11.2 Å². The minimum atomic E-state index is -1.71. The number of nitrogens with one attached hydrogen (secondary N) is 1. The van der Waals surface area contributed by atoms with Gasteiger partial charge in [0.05, 0.1) is 12.2 Å². The summed E-state index contributed by atoms with van der Waals surface area (Å²) in [6, 6.07) is 7.19. The third-order valence-electron chi connectivity index (χ3n) is 3.30. The molecule has 1 unspecified atom stereocenters. The zero-order valence-corrected chi connectivity index (χ0v) is 16.8. The Labute approximate surface area is 161 Å². The number of hydrogen-bond acceptors (Lipinski definition) is 5. The Morgan fingerprint density at radius 2 is 2.04 bits per heavy atom. The number of alkyl carbamates (subject to hydrolysis) is 1. The number of halogens is 1. The number of carbonyl (C=O) groups excluding carboxylic acids is 2. The number of para-hydroxylation sites is 1. The lowest BCUT2D eigenvalue weighted by Gasteiger charge is -2.25. The van der Waals surface area contributed by atoms with Crippen molar-refractivity contribution in [2.24, 2.45) is 0 Å². The van der Waals surface area contributed by atoms with E-state index in [-0.39, 0.29) is 32.1 Å². The van der Waals surface area contributed by atoms with E-state index >= 15 is 0 Å². The third-order valence-corrected chi connectivity index (χ3v) is 4.67. The maximum absolute atomic E-state index is 12.6. The predicted octanol–water partition coefficient (Wildman–Crippen LogP) is 2.60. The van der Waals surface area contributed by atoms with Crippen molar-refractivity contribution in [3.63, 3.8) is 0 Å². The van der Waals surface area contributed by atoms with E-state index in [0.717, 1.165) is 9.87 Å². The molecule has 2 amide bonds. The monoisotopic (exact) mass is 405 g/mol. The van der Waals surface area contributed by atoms with Crippen LogP contribution in [0.15, 0.2) is 24.3 Å². The van der Waals surface area contributed by atoms with Gasteiger partial charge in [-0.15, -0.1) is 12.4 Å². The first-order valence-electron chi connectivity index (χ1n) is 7.84. The molecule has 0 bridgehead atoms. The van der Waals surface area contributed by atoms with E-state index in [4.69, 9.17) is 9.47 Å². The van der Waals surface area contributed by atoms with Gasteiger partial charge in [-0.05, 0) is 32.4 Å². The third kappa shape index (κ3) is 5.77. The van der Waals surface area contributed by atoms with Crippen LogP contribution in [0.2, 0.25) is 0 Å². The van der Waals surface area contributed by atoms with E-state index in [9.17, 15) is 13.8 Å². The number of amides is 2. The zero-order valence-electron chi connectivity index (χ0n) is 15.2. The lowest BCUT2D eigenvalue weighted by Crippen LogP contribution is -2.38. The fourth-order valence-corrected chi connectivity index (χ4v) is 3.26. The number of cyclic esters (lactones) is 1. The molecule has 1 atom stereocenters. The Balaban J connectivity index is 0.00000338. The minimum Gasteiger partial charge on any atom is -0.447 e. The van der Waals surface area contributed by atoms with Crippen LogP contribution >= 0.6 is 12.4 Å². The Morgan fingerprint density at radius 1 is 1.38 bits per heavy atom. The number of carbonyl (C=O) groups is 2. The molecule has 0 radical (unpaired) electrons. The van der Waals surface area contributed by atoms with Crippen molar-refractivity contribution in [1.29, 1.82) is 0 Å². The van der Waals surface area contributed by atoms with Crippen molar-refractivity contribution in [3.8, 4) is 0 Å². The summed E-state index contributed by atoms with van der Waals surface area (Å²) >= 11 is -1.71. The number of rotatable bonds is 5. The second kappa shape index (κ2) is 9.09. The van der Waals surface area contributed by atoms with Crippen LogP contribution in [0.1, 0.15) is 26.3 Å². The van der Waals surface area contributed by atoms with Gasteiger partial charge in [0.25, 0.3) is 0 Å². The predicted molar refractivity (Wildman–Crippen MR) is 101 cm³/mol. The van der Waals surface area contributed by atoms with Gasteiger partial charge in [0.1, 0.15) is 12.2 Å². The number of hydrogen-bond donors (Lipinski definition) is 1. The molecule has 1 heterocycles. The number of anilines is 1. The van der Waals surface area contributed by atoms with Crippen LogP contribution in [0.25, 0.3) is 0 Å². The Kier molecular flexibility index (Phi) is 7.70. The first-order chi connectivity index (χ1) is 11.7. The largest absolute Gasteiger partial charge is 0.447 e. The van der Waals surface area contributed by atoms with Gasteiger partial charge in [0.15, 0.2) is 0 Å². The highest BCUT2D eigenvalue weighted by atomic mass is 35.5. The van der Waals surface area contributed by atoms with Crippen molar-refractivity contribution >= 4 is 41.5 Å². The van der Waals surface area contributed by atoms with Gasteiger partial charge in [-0.25, -0.2) is 18.1 Å². The molecular formula is C16H24ClN3O5S. The van der Waals surface area contributed by atoms with E-state index < -0.39 is 29.0 Å². The van der Waals surface area contributed by atoms with Gasteiger partial charge in [0, 0.05) is 13.6 Å². The minimum absolute atomic E-state index is 0. The highest BCUT2D eigenvalue weighted by Crippen LogP contribution is 2.23. The normalized spacial score (nSPS) is 14.9. The molecule has 0 aromatic heterocycles. The average molecular weight is 406 g/mol. The van der Waals surface area contributed by atoms with Crippen LogP contribution in [0.3, 0.4) is 0 Å². The molecule has 1 N–H and O–H groups in total. The summed E-state index contributed by atoms with van der Waals surface area (Å²) in [5.41, 5.74) is 0.797. The lowest BCUT2D eigenvalue weighted by atomic mass is 10.2. The smallest absolute Gasteiger partial charge is 0.423 e. The maximum atomic E-state index is 12.6. The molecule has 0 saturated carbocycles. The Hall–Kier alpha value is -2.00. The number of benzene rings is 1. The second-order valence-corrected chi connectivity index (χ2v) is 7.88. The SMILES string of the molecule is CN(c1ccccc1CNC(=O)OC(C)(C)C)S(=O)N1CCOC1=O.Cl. The first-order valence-corrected chi connectivity index (χ1v) is 8.90. The first kappa shape index (κ1) is 22.0. The molecule has 1 aliphatic heterocycles. The summed E-state index contributed by atoms with van der Waals surface area (Å²) in [5, 5.41) is 2.68. The highest BCUT2D eigenvalue weighted by Gasteiger charge is 2.30. The van der Waals surface area contributed by atoms with Gasteiger partial charge in [-0.1, -0.05) is 18.2 Å². The molecule has 1 saturated heterocycles. The van der Waals surface area contributed by atoms with E-state index in [0.29, 0.717) is 5.69 Å². The molecular weight excluding hydrogens is 382 g/mol. The van der Waals surface area contributed by atoms with Crippen LogP contribution in [0, 0.1) is 0 Å². The summed E-state index contributed by atoms with van der Waals surface area (Å²) in [5.74, 6) is 0. The van der Waals surface area contributed by atoms with E-state index in [1.165, 1.54) is 4.31 Å². The summed E-state index contributed by atoms with van der Waals surface area (Å²) in [4.78, 5) is 23.4. The summed E-state index contributed by atoms with van der Waals surface area (Å²) in [6.07, 6.45) is -1.14. The van der Waals surface area contributed by atoms with E-state index in [1.54, 1.807) is 40.0 Å². The van der Waals surface area contributed by atoms with Gasteiger partial charge in [-0.3, -0.25) is 4.31 Å². The van der Waals surface area contributed by atoms with Crippen molar-refractivity contribution in [2.75, 3.05) is 24.5 Å². The molecule has 10 heteroatoms. The summed E-state index contributed by atoms with van der Waals surface area (Å²) in [7, 11) is 1.62. The maximum Gasteiger partial charge on any atom is 0.423 e. The molecule has 0 aliphatic carbocycles. The Morgan fingerprint density at radius 3 is 2.62 bits per heavy atom. The summed E-state index contributed by atoms with van der Waals surface area (Å²) < 4.78 is 25.2. The molecule has 1 aliphatic rings. The quantitative estimate of drug-likeness (QED) is 0.813. The van der Waals surface area contributed by atoms with Crippen LogP contribution in [-0.2, 0) is 27.2 Å². The molecule has 146 valence electrons. The van der Waals surface area contributed by atoms with Crippen LogP contribution < -0.4 is 9.62 Å². The van der Waals surface area contributed by atoms with E-state index in [1.807, 2.05) is 12.1 Å². The highest BCUT2D eigenvalue weighted by molar-refractivity contribution is 7.84. The Bertz CT molecular complexity index is 680. The second-order valence-electron chi connectivity index (χ2n) is 6.43. The molecule has 1 fully saturated rings.